The first-order chi connectivity index (χ1) is 17.9. The molecule has 1 N–H and O–H groups in total. The van der Waals surface area contributed by atoms with Gasteiger partial charge in [0, 0.05) is 5.57 Å². The number of benzene rings is 2. The fourth-order valence-electron chi connectivity index (χ4n) is 2.78. The number of carbonyl (C=O) groups is 5. The third kappa shape index (κ3) is 13.1. The van der Waals surface area contributed by atoms with Crippen LogP contribution >= 0.6 is 0 Å². The molecule has 0 aromatic heterocycles. The van der Waals surface area contributed by atoms with Crippen LogP contribution in [-0.2, 0) is 23.9 Å². The monoisotopic (exact) mass is 524 g/mol. The molecule has 0 atom stereocenters. The van der Waals surface area contributed by atoms with Crippen molar-refractivity contribution in [2.45, 2.75) is 41.5 Å². The standard InChI is InChI=1S/C12H14O4.C10H12O2.C6H6O.C2H4O/c1-3-15-11(13)9-7-5-6-8-10(9)12(14)16-4-2;1-10(2,3)8-6-7(11)4-5-9(8)12;7-6-4-2-1-3-5-6;1-2-3/h5-8H,3-4H2,1-2H3;4-6H,1-3H3;1-5,7H;2H,1H3. The van der Waals surface area contributed by atoms with Crippen LogP contribution < -0.4 is 0 Å². The maximum absolute atomic E-state index is 11.5. The molecule has 0 saturated carbocycles. The van der Waals surface area contributed by atoms with Crippen LogP contribution in [0, 0.1) is 5.41 Å². The number of para-hydroxylation sites is 1. The number of hydrogen-bond donors (Lipinski definition) is 1. The third-order valence-corrected chi connectivity index (χ3v) is 4.43. The average molecular weight is 525 g/mol. The first-order valence-electron chi connectivity index (χ1n) is 12.0. The molecule has 8 heteroatoms. The Bertz CT molecular complexity index is 1090. The van der Waals surface area contributed by atoms with Gasteiger partial charge in [0.15, 0.2) is 11.6 Å². The summed E-state index contributed by atoms with van der Waals surface area (Å²) in [6, 6.07) is 15.2. The number of rotatable bonds is 4. The topological polar surface area (TPSA) is 124 Å². The number of aldehydes is 1. The first kappa shape index (κ1) is 33.7. The van der Waals surface area contributed by atoms with E-state index in [-0.39, 0.29) is 41.3 Å². The van der Waals surface area contributed by atoms with E-state index in [1.807, 2.05) is 26.8 Å². The summed E-state index contributed by atoms with van der Waals surface area (Å²) in [7, 11) is 0. The molecule has 0 saturated heterocycles. The quantitative estimate of drug-likeness (QED) is 0.324. The minimum atomic E-state index is -0.508. The number of carbonyl (C=O) groups excluding carboxylic acids is 5. The molecule has 204 valence electrons. The van der Waals surface area contributed by atoms with Gasteiger partial charge in [0.1, 0.15) is 12.0 Å². The SMILES string of the molecule is CC(C)(C)C1=CC(=O)C=CC1=O.CC=O.CCOC(=O)c1ccccc1C(=O)OCC.Oc1ccccc1. The highest BCUT2D eigenvalue weighted by Crippen LogP contribution is 2.27. The lowest BCUT2D eigenvalue weighted by Gasteiger charge is -2.21. The van der Waals surface area contributed by atoms with Crippen LogP contribution in [0.2, 0.25) is 0 Å². The van der Waals surface area contributed by atoms with Crippen molar-refractivity contribution in [2.75, 3.05) is 13.2 Å². The molecule has 0 aliphatic heterocycles. The van der Waals surface area contributed by atoms with Crippen molar-refractivity contribution < 1.29 is 38.6 Å². The summed E-state index contributed by atoms with van der Waals surface area (Å²) in [6.45, 7) is 11.2. The minimum Gasteiger partial charge on any atom is -0.508 e. The molecule has 0 unspecified atom stereocenters. The van der Waals surface area contributed by atoms with Gasteiger partial charge in [-0.05, 0) is 68.7 Å². The Morgan fingerprint density at radius 3 is 1.55 bits per heavy atom. The van der Waals surface area contributed by atoms with E-state index in [1.54, 1.807) is 62.4 Å². The van der Waals surface area contributed by atoms with E-state index in [4.69, 9.17) is 19.4 Å². The molecular weight excluding hydrogens is 488 g/mol. The Morgan fingerprint density at radius 1 is 0.816 bits per heavy atom. The molecule has 0 fully saturated rings. The number of esters is 2. The minimum absolute atomic E-state index is 0.0536. The summed E-state index contributed by atoms with van der Waals surface area (Å²) in [5.74, 6) is -0.846. The van der Waals surface area contributed by atoms with Crippen molar-refractivity contribution in [3.8, 4) is 5.75 Å². The Hall–Kier alpha value is -4.33. The van der Waals surface area contributed by atoms with E-state index >= 15 is 0 Å². The van der Waals surface area contributed by atoms with Crippen molar-refractivity contribution in [3.05, 3.63) is 89.5 Å². The number of phenolic OH excluding ortho intramolecular Hbond substituents is 1. The molecule has 0 amide bonds. The van der Waals surface area contributed by atoms with Gasteiger partial charge < -0.3 is 19.4 Å². The van der Waals surface area contributed by atoms with Crippen LogP contribution in [0.3, 0.4) is 0 Å². The van der Waals surface area contributed by atoms with Crippen LogP contribution in [-0.4, -0.2) is 48.1 Å². The lowest BCUT2D eigenvalue weighted by atomic mass is 9.81. The predicted octanol–water partition coefficient (Wildman–Crippen LogP) is 5.30. The third-order valence-electron chi connectivity index (χ3n) is 4.43. The summed E-state index contributed by atoms with van der Waals surface area (Å²) < 4.78 is 9.70. The second-order valence-corrected chi connectivity index (χ2v) is 8.47. The fourth-order valence-corrected chi connectivity index (χ4v) is 2.78. The van der Waals surface area contributed by atoms with Gasteiger partial charge in [-0.1, -0.05) is 51.1 Å². The summed E-state index contributed by atoms with van der Waals surface area (Å²) in [5, 5.41) is 8.63. The highest BCUT2D eigenvalue weighted by molar-refractivity contribution is 6.17. The zero-order valence-electron chi connectivity index (χ0n) is 22.7. The summed E-state index contributed by atoms with van der Waals surface area (Å²) in [6.07, 6.45) is 4.81. The van der Waals surface area contributed by atoms with E-state index in [2.05, 4.69) is 0 Å². The maximum Gasteiger partial charge on any atom is 0.338 e. The van der Waals surface area contributed by atoms with Crippen LogP contribution in [0.25, 0.3) is 0 Å². The average Bonchev–Trinajstić information content (AvgIpc) is 2.87. The molecule has 0 bridgehead atoms. The smallest absolute Gasteiger partial charge is 0.338 e. The van der Waals surface area contributed by atoms with E-state index in [9.17, 15) is 19.2 Å². The fraction of sp³-hybridized carbons (Fsp3) is 0.300. The van der Waals surface area contributed by atoms with Gasteiger partial charge in [0.05, 0.1) is 24.3 Å². The van der Waals surface area contributed by atoms with Gasteiger partial charge in [-0.15, -0.1) is 0 Å². The Labute approximate surface area is 224 Å². The Balaban J connectivity index is 0.000000545. The van der Waals surface area contributed by atoms with Gasteiger partial charge in [0.2, 0.25) is 0 Å². The lowest BCUT2D eigenvalue weighted by molar-refractivity contribution is -0.115. The van der Waals surface area contributed by atoms with Gasteiger partial charge in [-0.25, -0.2) is 9.59 Å². The molecule has 0 spiro atoms. The molecule has 1 aliphatic rings. The zero-order valence-corrected chi connectivity index (χ0v) is 22.7. The molecular formula is C30H36O8. The second kappa shape index (κ2) is 18.0. The molecule has 38 heavy (non-hydrogen) atoms. The molecule has 1 aliphatic carbocycles. The van der Waals surface area contributed by atoms with Gasteiger partial charge in [-0.2, -0.15) is 0 Å². The molecule has 0 heterocycles. The largest absolute Gasteiger partial charge is 0.508 e. The Kier molecular flexibility index (Phi) is 15.9. The summed E-state index contributed by atoms with van der Waals surface area (Å²) in [5.41, 5.74) is 0.831. The summed E-state index contributed by atoms with van der Waals surface area (Å²) >= 11 is 0. The van der Waals surface area contributed by atoms with Gasteiger partial charge >= 0.3 is 11.9 Å². The first-order valence-corrected chi connectivity index (χ1v) is 12.0. The molecule has 2 aromatic carbocycles. The molecule has 8 nitrogen and oxygen atoms in total. The van der Waals surface area contributed by atoms with Gasteiger partial charge in [-0.3, -0.25) is 9.59 Å². The summed E-state index contributed by atoms with van der Waals surface area (Å²) in [4.78, 5) is 54.1. The Morgan fingerprint density at radius 2 is 1.24 bits per heavy atom. The van der Waals surface area contributed by atoms with E-state index in [0.717, 1.165) is 6.29 Å². The van der Waals surface area contributed by atoms with E-state index < -0.39 is 11.9 Å². The molecule has 2 aromatic rings. The number of hydrogen-bond acceptors (Lipinski definition) is 8. The number of ether oxygens (including phenoxy) is 2. The van der Waals surface area contributed by atoms with Crippen molar-refractivity contribution in [2.24, 2.45) is 5.41 Å². The van der Waals surface area contributed by atoms with Crippen LogP contribution in [0.5, 0.6) is 5.75 Å². The highest BCUT2D eigenvalue weighted by atomic mass is 16.5. The zero-order chi connectivity index (χ0) is 29.1. The van der Waals surface area contributed by atoms with Crippen LogP contribution in [0.15, 0.2) is 78.4 Å². The number of phenols is 1. The number of allylic oxidation sites excluding steroid dienone is 4. The van der Waals surface area contributed by atoms with Crippen LogP contribution in [0.4, 0.5) is 0 Å². The maximum atomic E-state index is 11.5. The number of ketones is 2. The number of aromatic hydroxyl groups is 1. The second-order valence-electron chi connectivity index (χ2n) is 8.47. The predicted molar refractivity (Wildman–Crippen MR) is 145 cm³/mol. The van der Waals surface area contributed by atoms with E-state index in [1.165, 1.54) is 25.2 Å². The van der Waals surface area contributed by atoms with Gasteiger partial charge in [0.25, 0.3) is 0 Å². The highest BCUT2D eigenvalue weighted by Gasteiger charge is 2.24. The molecule has 0 radical (unpaired) electrons. The van der Waals surface area contributed by atoms with Crippen molar-refractivity contribution >= 4 is 29.8 Å². The van der Waals surface area contributed by atoms with Crippen LogP contribution in [0.1, 0.15) is 62.3 Å². The van der Waals surface area contributed by atoms with Crippen molar-refractivity contribution in [3.63, 3.8) is 0 Å². The van der Waals surface area contributed by atoms with Crippen molar-refractivity contribution in [1.29, 1.82) is 0 Å². The van der Waals surface area contributed by atoms with Crippen molar-refractivity contribution in [1.82, 2.24) is 0 Å². The molecule has 3 rings (SSSR count). The lowest BCUT2D eigenvalue weighted by Crippen LogP contribution is -2.20. The van der Waals surface area contributed by atoms with E-state index in [0.29, 0.717) is 11.3 Å². The normalized spacial score (nSPS) is 11.7.